The van der Waals surface area contributed by atoms with Gasteiger partial charge in [-0.15, -0.1) is 0 Å². The van der Waals surface area contributed by atoms with Crippen LogP contribution in [0, 0.1) is 0 Å². The number of rotatable bonds is 17. The van der Waals surface area contributed by atoms with Crippen molar-refractivity contribution >= 4 is 45.1 Å². The van der Waals surface area contributed by atoms with Gasteiger partial charge in [-0.05, 0) is 86.3 Å². The van der Waals surface area contributed by atoms with Crippen LogP contribution in [0.2, 0.25) is 0 Å². The van der Waals surface area contributed by atoms with Crippen molar-refractivity contribution in [3.8, 4) is 0 Å². The Kier molecular flexibility index (Phi) is 11.6. The molecule has 4 heterocycles. The summed E-state index contributed by atoms with van der Waals surface area (Å²) >= 11 is 0. The monoisotopic (exact) mass is 744 g/mol. The van der Waals surface area contributed by atoms with E-state index in [1.54, 1.807) is 12.4 Å². The van der Waals surface area contributed by atoms with Gasteiger partial charge in [-0.1, -0.05) is 103 Å². The number of pyridine rings is 1. The molecule has 0 saturated carbocycles. The van der Waals surface area contributed by atoms with Crippen molar-refractivity contribution in [2.75, 3.05) is 24.7 Å². The highest BCUT2D eigenvalue weighted by molar-refractivity contribution is 6.40. The van der Waals surface area contributed by atoms with E-state index in [-0.39, 0.29) is 17.9 Å². The molecule has 0 fully saturated rings. The first-order valence-corrected chi connectivity index (χ1v) is 20.1. The minimum Gasteiger partial charge on any atom is -0.461 e. The molecule has 0 spiro atoms. The average molecular weight is 745 g/mol. The molecular weight excluding hydrogens is 697 g/mol. The average Bonchev–Trinajstić information content (AvgIpc) is 3.75. The lowest BCUT2D eigenvalue weighted by Crippen LogP contribution is -2.46. The van der Waals surface area contributed by atoms with Crippen LogP contribution < -0.4 is 4.90 Å². The Morgan fingerprint density at radius 3 is 2.02 bits per heavy atom. The van der Waals surface area contributed by atoms with E-state index in [0.717, 1.165) is 85.5 Å². The molecule has 2 aliphatic rings. The summed E-state index contributed by atoms with van der Waals surface area (Å²) in [4.78, 5) is 38.4. The summed E-state index contributed by atoms with van der Waals surface area (Å²) in [6, 6.07) is 39.5. The van der Waals surface area contributed by atoms with Gasteiger partial charge in [0.25, 0.3) is 0 Å². The topological polar surface area (TPSA) is 86.0 Å². The van der Waals surface area contributed by atoms with E-state index in [1.807, 2.05) is 30.3 Å². The number of ether oxygens (including phenoxy) is 2. The van der Waals surface area contributed by atoms with Crippen molar-refractivity contribution in [2.24, 2.45) is 4.99 Å². The minimum absolute atomic E-state index is 0.0656. The third-order valence-corrected chi connectivity index (χ3v) is 11.1. The van der Waals surface area contributed by atoms with Crippen molar-refractivity contribution in [1.82, 2.24) is 9.55 Å². The number of unbranched alkanes of at least 4 members (excludes halogenated alkanes) is 3. The van der Waals surface area contributed by atoms with E-state index in [9.17, 15) is 9.59 Å². The fourth-order valence-corrected chi connectivity index (χ4v) is 8.39. The Bertz CT molecular complexity index is 2350. The Balaban J connectivity index is 0.814. The number of esters is 2. The summed E-state index contributed by atoms with van der Waals surface area (Å²) < 4.78 is 13.8. The molecule has 2 aliphatic heterocycles. The Labute approximate surface area is 328 Å². The molecular formula is C48H48N4O4. The molecule has 8 nitrogen and oxygen atoms in total. The number of carbonyl (C=O) groups excluding carboxylic acids is 2. The lowest BCUT2D eigenvalue weighted by atomic mass is 9.90. The van der Waals surface area contributed by atoms with Gasteiger partial charge in [-0.25, -0.2) is 14.6 Å². The molecule has 2 unspecified atom stereocenters. The second-order valence-corrected chi connectivity index (χ2v) is 14.7. The van der Waals surface area contributed by atoms with Crippen molar-refractivity contribution in [2.45, 2.75) is 69.9 Å². The first-order valence-electron chi connectivity index (χ1n) is 20.1. The highest BCUT2D eigenvalue weighted by atomic mass is 16.5. The van der Waals surface area contributed by atoms with Crippen LogP contribution in [0.25, 0.3) is 21.8 Å². The first kappa shape index (κ1) is 36.9. The molecule has 6 aromatic rings. The number of benzene rings is 4. The Hall–Kier alpha value is -6.02. The zero-order valence-electron chi connectivity index (χ0n) is 31.8. The molecule has 4 aromatic carbocycles. The maximum atomic E-state index is 13.5. The van der Waals surface area contributed by atoms with Crippen LogP contribution in [0.3, 0.4) is 0 Å². The largest absolute Gasteiger partial charge is 0.461 e. The standard InChI is InChI=1S/C48H48N4O4/c53-47(43-45-39(27-29-49-43)37-23-9-11-25-41(37)51(45)31-15-21-35-17-5-3-6-18-35)55-33-13-1-2-14-34-56-48(54)44-46-40(28-30-50-44)38-24-10-12-26-42(38)52(46)32-16-22-36-19-7-4-8-20-36/h3-12,17-20,23-30,39,45H,1-2,13-16,21-22,31-34H2. The van der Waals surface area contributed by atoms with Crippen molar-refractivity contribution in [3.05, 3.63) is 156 Å². The molecule has 0 amide bonds. The van der Waals surface area contributed by atoms with Gasteiger partial charge in [0.05, 0.1) is 24.8 Å². The van der Waals surface area contributed by atoms with E-state index in [2.05, 4.69) is 110 Å². The number of hydrogen-bond acceptors (Lipinski definition) is 7. The van der Waals surface area contributed by atoms with Crippen molar-refractivity contribution in [3.63, 3.8) is 0 Å². The van der Waals surface area contributed by atoms with Gasteiger partial charge in [-0.3, -0.25) is 4.99 Å². The molecule has 284 valence electrons. The molecule has 8 heteroatoms. The van der Waals surface area contributed by atoms with Gasteiger partial charge >= 0.3 is 11.9 Å². The second-order valence-electron chi connectivity index (χ2n) is 14.7. The zero-order chi connectivity index (χ0) is 38.1. The minimum atomic E-state index is -0.402. The van der Waals surface area contributed by atoms with Gasteiger partial charge in [-0.2, -0.15) is 0 Å². The van der Waals surface area contributed by atoms with Crippen LogP contribution in [0.5, 0.6) is 0 Å². The molecule has 0 radical (unpaired) electrons. The van der Waals surface area contributed by atoms with E-state index < -0.39 is 5.97 Å². The number of aromatic nitrogens is 2. The number of nitrogens with zero attached hydrogens (tertiary/aromatic N) is 4. The third-order valence-electron chi connectivity index (χ3n) is 11.1. The number of carbonyl (C=O) groups is 2. The number of fused-ring (bicyclic) bond motifs is 6. The van der Waals surface area contributed by atoms with E-state index in [0.29, 0.717) is 31.0 Å². The molecule has 0 bridgehead atoms. The molecule has 56 heavy (non-hydrogen) atoms. The SMILES string of the molecule is O=C(OCCCCCCOC(=O)c1nccc2c3ccccc3n(CCCc3ccccc3)c12)C1=NC=CC2c3ccccc3N(CCCc3ccccc3)C12. The van der Waals surface area contributed by atoms with E-state index in [4.69, 9.17) is 9.47 Å². The fraction of sp³-hybridized carbons (Fsp3) is 0.292. The van der Waals surface area contributed by atoms with Crippen LogP contribution >= 0.6 is 0 Å². The lowest BCUT2D eigenvalue weighted by molar-refractivity contribution is -0.135. The fourth-order valence-electron chi connectivity index (χ4n) is 8.39. The molecule has 0 N–H and O–H groups in total. The molecule has 2 aromatic heterocycles. The van der Waals surface area contributed by atoms with Crippen LogP contribution in [0.15, 0.2) is 139 Å². The zero-order valence-corrected chi connectivity index (χ0v) is 31.8. The van der Waals surface area contributed by atoms with Crippen LogP contribution in [0.1, 0.15) is 71.6 Å². The van der Waals surface area contributed by atoms with E-state index >= 15 is 0 Å². The van der Waals surface area contributed by atoms with Gasteiger partial charge in [0.1, 0.15) is 5.71 Å². The molecule has 0 aliphatic carbocycles. The summed E-state index contributed by atoms with van der Waals surface area (Å²) in [6.07, 6.45) is 12.5. The molecule has 0 saturated heterocycles. The highest BCUT2D eigenvalue weighted by Gasteiger charge is 2.43. The third kappa shape index (κ3) is 8.01. The quantitative estimate of drug-likeness (QED) is 0.0683. The number of hydrogen-bond donors (Lipinski definition) is 0. The lowest BCUT2D eigenvalue weighted by Gasteiger charge is -2.31. The van der Waals surface area contributed by atoms with Gasteiger partial charge in [0.2, 0.25) is 0 Å². The first-order chi connectivity index (χ1) is 27.7. The number of para-hydroxylation sites is 2. The number of anilines is 1. The maximum Gasteiger partial charge on any atom is 0.359 e. The van der Waals surface area contributed by atoms with Gasteiger partial charge in [0, 0.05) is 53.4 Å². The normalized spacial score (nSPS) is 15.8. The van der Waals surface area contributed by atoms with Gasteiger partial charge in [0.15, 0.2) is 5.69 Å². The molecule has 2 atom stereocenters. The highest BCUT2D eigenvalue weighted by Crippen LogP contribution is 2.44. The van der Waals surface area contributed by atoms with Crippen molar-refractivity contribution in [1.29, 1.82) is 0 Å². The molecule has 8 rings (SSSR count). The van der Waals surface area contributed by atoms with Crippen LogP contribution in [-0.4, -0.2) is 53.0 Å². The second kappa shape index (κ2) is 17.6. The van der Waals surface area contributed by atoms with Crippen LogP contribution in [0.4, 0.5) is 5.69 Å². The number of aryl methyl sites for hydroxylation is 3. The van der Waals surface area contributed by atoms with Gasteiger partial charge < -0.3 is 18.9 Å². The van der Waals surface area contributed by atoms with E-state index in [1.165, 1.54) is 16.7 Å². The summed E-state index contributed by atoms with van der Waals surface area (Å²) in [7, 11) is 0. The predicted octanol–water partition coefficient (Wildman–Crippen LogP) is 9.66. The maximum absolute atomic E-state index is 13.5. The van der Waals surface area contributed by atoms with Crippen molar-refractivity contribution < 1.29 is 19.1 Å². The smallest absolute Gasteiger partial charge is 0.359 e. The summed E-state index contributed by atoms with van der Waals surface area (Å²) in [5.74, 6) is -0.686. The summed E-state index contributed by atoms with van der Waals surface area (Å²) in [5, 5.41) is 2.12. The Morgan fingerprint density at radius 2 is 1.27 bits per heavy atom. The number of aliphatic imine (C=N–C) groups is 1. The summed E-state index contributed by atoms with van der Waals surface area (Å²) in [5.41, 5.74) is 7.74. The Morgan fingerprint density at radius 1 is 0.625 bits per heavy atom. The summed E-state index contributed by atoms with van der Waals surface area (Å²) in [6.45, 7) is 2.21. The van der Waals surface area contributed by atoms with Crippen LogP contribution in [-0.2, 0) is 33.7 Å². The predicted molar refractivity (Wildman–Crippen MR) is 223 cm³/mol.